The van der Waals surface area contributed by atoms with Crippen molar-refractivity contribution < 1.29 is 19.5 Å². The SMILES string of the molecule is CCCN(CC(=O)NC)C(=O)C(C)C(=O)O. The van der Waals surface area contributed by atoms with Crippen LogP contribution in [0.5, 0.6) is 0 Å². The highest BCUT2D eigenvalue weighted by atomic mass is 16.4. The third-order valence-corrected chi connectivity index (χ3v) is 2.16. The fraction of sp³-hybridized carbons (Fsp3) is 0.700. The molecule has 0 aromatic rings. The van der Waals surface area contributed by atoms with Crippen LogP contribution in [-0.4, -0.2) is 47.9 Å². The van der Waals surface area contributed by atoms with E-state index in [0.717, 1.165) is 0 Å². The number of nitrogens with zero attached hydrogens (tertiary/aromatic N) is 1. The Balaban J connectivity index is 4.57. The molecular weight excluding hydrogens is 212 g/mol. The first kappa shape index (κ1) is 14.4. The van der Waals surface area contributed by atoms with Crippen LogP contribution in [0.3, 0.4) is 0 Å². The van der Waals surface area contributed by atoms with E-state index in [1.165, 1.54) is 18.9 Å². The van der Waals surface area contributed by atoms with E-state index in [0.29, 0.717) is 13.0 Å². The van der Waals surface area contributed by atoms with E-state index in [2.05, 4.69) is 5.32 Å². The van der Waals surface area contributed by atoms with Crippen LogP contribution >= 0.6 is 0 Å². The summed E-state index contributed by atoms with van der Waals surface area (Å²) in [5.74, 6) is -3.13. The van der Waals surface area contributed by atoms with Crippen molar-refractivity contribution in [2.75, 3.05) is 20.1 Å². The Hall–Kier alpha value is -1.59. The number of nitrogens with one attached hydrogen (secondary N) is 1. The van der Waals surface area contributed by atoms with Gasteiger partial charge in [0.15, 0.2) is 0 Å². The second kappa shape index (κ2) is 6.81. The van der Waals surface area contributed by atoms with Crippen LogP contribution in [0.4, 0.5) is 0 Å². The van der Waals surface area contributed by atoms with E-state index in [4.69, 9.17) is 5.11 Å². The van der Waals surface area contributed by atoms with Gasteiger partial charge in [-0.2, -0.15) is 0 Å². The lowest BCUT2D eigenvalue weighted by Crippen LogP contribution is -2.44. The molecule has 6 heteroatoms. The summed E-state index contributed by atoms with van der Waals surface area (Å²) in [6.45, 7) is 3.46. The number of aliphatic carboxylic acids is 1. The molecule has 0 aromatic carbocycles. The highest BCUT2D eigenvalue weighted by molar-refractivity contribution is 5.97. The molecule has 0 spiro atoms. The van der Waals surface area contributed by atoms with Gasteiger partial charge >= 0.3 is 5.97 Å². The zero-order valence-electron chi connectivity index (χ0n) is 9.82. The van der Waals surface area contributed by atoms with Crippen molar-refractivity contribution in [1.29, 1.82) is 0 Å². The van der Waals surface area contributed by atoms with Crippen LogP contribution < -0.4 is 5.32 Å². The Kier molecular flexibility index (Phi) is 6.14. The minimum absolute atomic E-state index is 0.0964. The Labute approximate surface area is 94.6 Å². The summed E-state index contributed by atoms with van der Waals surface area (Å²) in [4.78, 5) is 34.8. The number of carbonyl (C=O) groups excluding carboxylic acids is 2. The van der Waals surface area contributed by atoms with Crippen molar-refractivity contribution in [2.24, 2.45) is 5.92 Å². The molecule has 2 amide bonds. The third kappa shape index (κ3) is 4.29. The lowest BCUT2D eigenvalue weighted by Gasteiger charge is -2.22. The molecule has 0 saturated heterocycles. The van der Waals surface area contributed by atoms with Crippen molar-refractivity contribution in [3.63, 3.8) is 0 Å². The molecule has 0 fully saturated rings. The van der Waals surface area contributed by atoms with Crippen LogP contribution in [0.1, 0.15) is 20.3 Å². The van der Waals surface area contributed by atoms with Gasteiger partial charge < -0.3 is 15.3 Å². The van der Waals surface area contributed by atoms with E-state index in [-0.39, 0.29) is 12.5 Å². The summed E-state index contributed by atoms with van der Waals surface area (Å²) in [6, 6.07) is 0. The van der Waals surface area contributed by atoms with Crippen LogP contribution in [-0.2, 0) is 14.4 Å². The molecular formula is C10H18N2O4. The van der Waals surface area contributed by atoms with Gasteiger partial charge in [-0.15, -0.1) is 0 Å². The summed E-state index contributed by atoms with van der Waals surface area (Å²) in [7, 11) is 1.47. The average molecular weight is 230 g/mol. The maximum Gasteiger partial charge on any atom is 0.315 e. The normalized spacial score (nSPS) is 11.7. The third-order valence-electron chi connectivity index (χ3n) is 2.16. The van der Waals surface area contributed by atoms with Gasteiger partial charge in [-0.25, -0.2) is 0 Å². The molecule has 1 unspecified atom stereocenters. The van der Waals surface area contributed by atoms with E-state index < -0.39 is 17.8 Å². The van der Waals surface area contributed by atoms with Crippen LogP contribution in [0, 0.1) is 5.92 Å². The molecule has 0 aliphatic carbocycles. The fourth-order valence-electron chi connectivity index (χ4n) is 1.17. The second-order valence-electron chi connectivity index (χ2n) is 3.49. The van der Waals surface area contributed by atoms with Crippen LogP contribution in [0.25, 0.3) is 0 Å². The smallest absolute Gasteiger partial charge is 0.315 e. The predicted molar refractivity (Wildman–Crippen MR) is 57.7 cm³/mol. The molecule has 0 aliphatic heterocycles. The number of hydrogen-bond donors (Lipinski definition) is 2. The highest BCUT2D eigenvalue weighted by Crippen LogP contribution is 2.03. The van der Waals surface area contributed by atoms with Crippen molar-refractivity contribution in [3.8, 4) is 0 Å². The fourth-order valence-corrected chi connectivity index (χ4v) is 1.17. The topological polar surface area (TPSA) is 86.7 Å². The van der Waals surface area contributed by atoms with Crippen LogP contribution in [0.2, 0.25) is 0 Å². The number of amides is 2. The van der Waals surface area contributed by atoms with Crippen LogP contribution in [0.15, 0.2) is 0 Å². The summed E-state index contributed by atoms with van der Waals surface area (Å²) < 4.78 is 0. The molecule has 0 radical (unpaired) electrons. The average Bonchev–Trinajstić information content (AvgIpc) is 2.26. The molecule has 0 saturated carbocycles. The maximum absolute atomic E-state index is 11.7. The number of hydrogen-bond acceptors (Lipinski definition) is 3. The molecule has 6 nitrogen and oxygen atoms in total. The van der Waals surface area contributed by atoms with Gasteiger partial charge in [-0.1, -0.05) is 6.92 Å². The molecule has 1 atom stereocenters. The largest absolute Gasteiger partial charge is 0.481 e. The monoisotopic (exact) mass is 230 g/mol. The Morgan fingerprint density at radius 2 is 1.94 bits per heavy atom. The highest BCUT2D eigenvalue weighted by Gasteiger charge is 2.26. The number of carboxylic acids is 1. The lowest BCUT2D eigenvalue weighted by atomic mass is 10.1. The van der Waals surface area contributed by atoms with Crippen molar-refractivity contribution in [3.05, 3.63) is 0 Å². The Bertz CT molecular complexity index is 278. The number of likely N-dealkylation sites (N-methyl/N-ethyl adjacent to an activating group) is 1. The minimum Gasteiger partial charge on any atom is -0.481 e. The van der Waals surface area contributed by atoms with Crippen molar-refractivity contribution >= 4 is 17.8 Å². The quantitative estimate of drug-likeness (QED) is 0.613. The molecule has 92 valence electrons. The van der Waals surface area contributed by atoms with Gasteiger partial charge in [0.1, 0.15) is 5.92 Å². The molecule has 2 N–H and O–H groups in total. The first-order valence-electron chi connectivity index (χ1n) is 5.16. The van der Waals surface area contributed by atoms with Crippen molar-refractivity contribution in [1.82, 2.24) is 10.2 Å². The van der Waals surface area contributed by atoms with Gasteiger partial charge in [-0.05, 0) is 13.3 Å². The van der Waals surface area contributed by atoms with Gasteiger partial charge in [0.25, 0.3) is 0 Å². The zero-order valence-corrected chi connectivity index (χ0v) is 9.82. The number of rotatable bonds is 6. The second-order valence-corrected chi connectivity index (χ2v) is 3.49. The first-order valence-corrected chi connectivity index (χ1v) is 5.16. The summed E-state index contributed by atoms with van der Waals surface area (Å²) >= 11 is 0. The van der Waals surface area contributed by atoms with E-state index in [1.54, 1.807) is 0 Å². The molecule has 16 heavy (non-hydrogen) atoms. The Morgan fingerprint density at radius 3 is 2.31 bits per heavy atom. The Morgan fingerprint density at radius 1 is 1.38 bits per heavy atom. The van der Waals surface area contributed by atoms with Gasteiger partial charge in [-0.3, -0.25) is 14.4 Å². The molecule has 0 bridgehead atoms. The van der Waals surface area contributed by atoms with Crippen molar-refractivity contribution in [2.45, 2.75) is 20.3 Å². The first-order chi connectivity index (χ1) is 7.43. The summed E-state index contributed by atoms with van der Waals surface area (Å²) in [6.07, 6.45) is 0.676. The maximum atomic E-state index is 11.7. The molecule has 0 aromatic heterocycles. The van der Waals surface area contributed by atoms with E-state index in [1.807, 2.05) is 6.92 Å². The van der Waals surface area contributed by atoms with Gasteiger partial charge in [0.05, 0.1) is 6.54 Å². The van der Waals surface area contributed by atoms with Gasteiger partial charge in [0, 0.05) is 13.6 Å². The van der Waals surface area contributed by atoms with Gasteiger partial charge in [0.2, 0.25) is 11.8 Å². The molecule has 0 heterocycles. The number of carboxylic acid groups (broad SMARTS) is 1. The predicted octanol–water partition coefficient (Wildman–Crippen LogP) is -0.308. The lowest BCUT2D eigenvalue weighted by molar-refractivity contribution is -0.151. The standard InChI is InChI=1S/C10H18N2O4/c1-4-5-12(6-8(13)11-3)9(14)7(2)10(15)16/h7H,4-6H2,1-3H3,(H,11,13)(H,15,16). The van der Waals surface area contributed by atoms with E-state index >= 15 is 0 Å². The number of carbonyl (C=O) groups is 3. The zero-order chi connectivity index (χ0) is 12.7. The molecule has 0 rings (SSSR count). The summed E-state index contributed by atoms with van der Waals surface area (Å²) in [5.41, 5.74) is 0. The molecule has 0 aliphatic rings. The minimum atomic E-state index is -1.18. The van der Waals surface area contributed by atoms with E-state index in [9.17, 15) is 14.4 Å². The summed E-state index contributed by atoms with van der Waals surface area (Å²) in [5, 5.41) is 11.1.